The Morgan fingerprint density at radius 1 is 1.30 bits per heavy atom. The molecule has 10 heavy (non-hydrogen) atoms. The van der Waals surface area contributed by atoms with E-state index in [0.29, 0.717) is 0 Å². The lowest BCUT2D eigenvalue weighted by atomic mass is 10.1. The zero-order valence-corrected chi connectivity index (χ0v) is 5.95. The predicted octanol–water partition coefficient (Wildman–Crippen LogP) is -1.11. The first kappa shape index (κ1) is 8.23. The molecule has 2 heterocycles. The van der Waals surface area contributed by atoms with Crippen LogP contribution in [0, 0.1) is 0 Å². The fraction of sp³-hybridized carbons (Fsp3) is 1.00. The van der Waals surface area contributed by atoms with Crippen LogP contribution in [0.15, 0.2) is 0 Å². The Balaban J connectivity index is 0.000000500. The van der Waals surface area contributed by atoms with Crippen molar-refractivity contribution in [2.45, 2.75) is 24.6 Å². The van der Waals surface area contributed by atoms with E-state index in [0.717, 1.165) is 0 Å². The summed E-state index contributed by atoms with van der Waals surface area (Å²) < 4.78 is 9.73. The number of aliphatic hydroxyl groups is 2. The first-order chi connectivity index (χ1) is 4.29. The highest BCUT2D eigenvalue weighted by molar-refractivity contribution is 5.85. The molecule has 0 bridgehead atoms. The predicted molar refractivity (Wildman–Crippen MR) is 33.9 cm³/mol. The molecule has 0 aromatic heterocycles. The number of rotatable bonds is 0. The van der Waals surface area contributed by atoms with Crippen molar-refractivity contribution in [1.29, 1.82) is 0 Å². The first-order valence-corrected chi connectivity index (χ1v) is 2.92. The van der Waals surface area contributed by atoms with Gasteiger partial charge in [0.15, 0.2) is 6.29 Å². The lowest BCUT2D eigenvalue weighted by Crippen LogP contribution is -2.40. The number of epoxide rings is 1. The van der Waals surface area contributed by atoms with Gasteiger partial charge in [0.2, 0.25) is 0 Å². The van der Waals surface area contributed by atoms with Crippen molar-refractivity contribution in [2.24, 2.45) is 0 Å². The van der Waals surface area contributed by atoms with Crippen LogP contribution in [0.1, 0.15) is 0 Å². The smallest absolute Gasteiger partial charge is 0.187 e. The molecule has 0 spiro atoms. The minimum absolute atomic E-state index is 0. The Labute approximate surface area is 64.2 Å². The lowest BCUT2D eigenvalue weighted by molar-refractivity contribution is -0.0775. The van der Waals surface area contributed by atoms with Crippen LogP contribution in [-0.2, 0) is 9.47 Å². The first-order valence-electron chi connectivity index (χ1n) is 2.92. The van der Waals surface area contributed by atoms with Gasteiger partial charge in [0.25, 0.3) is 0 Å². The van der Waals surface area contributed by atoms with Crippen molar-refractivity contribution in [3.8, 4) is 0 Å². The number of hydrogen-bond donors (Lipinski definition) is 2. The van der Waals surface area contributed by atoms with E-state index in [2.05, 4.69) is 0 Å². The molecule has 0 amide bonds. The van der Waals surface area contributed by atoms with Gasteiger partial charge >= 0.3 is 0 Å². The maximum atomic E-state index is 9.03. The van der Waals surface area contributed by atoms with Crippen molar-refractivity contribution in [3.63, 3.8) is 0 Å². The standard InChI is InChI=1S/C5H8O4.ClH/c6-2-1-8-5-4(9-5)3(2)7;/h2-7H,1H2;1H/t2-,3+,4+,5?;/m1./s1. The van der Waals surface area contributed by atoms with Gasteiger partial charge in [-0.2, -0.15) is 0 Å². The summed E-state index contributed by atoms with van der Waals surface area (Å²) in [4.78, 5) is 0. The van der Waals surface area contributed by atoms with Crippen LogP contribution >= 0.6 is 12.4 Å². The van der Waals surface area contributed by atoms with Crippen LogP contribution in [0.5, 0.6) is 0 Å². The van der Waals surface area contributed by atoms with Gasteiger partial charge in [0, 0.05) is 0 Å². The van der Waals surface area contributed by atoms with Gasteiger partial charge in [-0.05, 0) is 0 Å². The Morgan fingerprint density at radius 3 is 2.60 bits per heavy atom. The number of aliphatic hydroxyl groups excluding tert-OH is 2. The van der Waals surface area contributed by atoms with Crippen LogP contribution in [0.3, 0.4) is 0 Å². The van der Waals surface area contributed by atoms with Gasteiger partial charge in [0.05, 0.1) is 6.61 Å². The number of ether oxygens (including phenoxy) is 2. The number of hydrogen-bond acceptors (Lipinski definition) is 4. The highest BCUT2D eigenvalue weighted by Crippen LogP contribution is 2.32. The molecule has 4 atom stereocenters. The van der Waals surface area contributed by atoms with Gasteiger partial charge in [-0.3, -0.25) is 0 Å². The fourth-order valence-corrected chi connectivity index (χ4v) is 0.996. The Morgan fingerprint density at radius 2 is 2.00 bits per heavy atom. The number of halogens is 1. The molecule has 1 unspecified atom stereocenters. The summed E-state index contributed by atoms with van der Waals surface area (Å²) in [7, 11) is 0. The molecule has 2 saturated heterocycles. The molecule has 0 radical (unpaired) electrons. The molecular weight excluding hydrogens is 160 g/mol. The molecular formula is C5H9ClO4. The molecule has 2 aliphatic rings. The minimum atomic E-state index is -0.770. The van der Waals surface area contributed by atoms with Gasteiger partial charge < -0.3 is 19.7 Å². The fourth-order valence-electron chi connectivity index (χ4n) is 0.996. The highest BCUT2D eigenvalue weighted by atomic mass is 35.5. The largest absolute Gasteiger partial charge is 0.388 e. The van der Waals surface area contributed by atoms with Gasteiger partial charge in [-0.25, -0.2) is 0 Å². The Bertz CT molecular complexity index is 129. The second kappa shape index (κ2) is 2.64. The lowest BCUT2D eigenvalue weighted by Gasteiger charge is -2.18. The van der Waals surface area contributed by atoms with Crippen LogP contribution < -0.4 is 0 Å². The molecule has 2 N–H and O–H groups in total. The molecule has 0 aromatic carbocycles. The monoisotopic (exact) mass is 168 g/mol. The second-order valence-electron chi connectivity index (χ2n) is 2.36. The minimum Gasteiger partial charge on any atom is -0.388 e. The van der Waals surface area contributed by atoms with E-state index in [1.807, 2.05) is 0 Å². The molecule has 60 valence electrons. The van der Waals surface area contributed by atoms with E-state index in [4.69, 9.17) is 19.7 Å². The normalized spacial score (nSPS) is 51.0. The van der Waals surface area contributed by atoms with Crippen molar-refractivity contribution in [2.75, 3.05) is 6.61 Å². The quantitative estimate of drug-likeness (QED) is 0.450. The Kier molecular flexibility index (Phi) is 2.17. The van der Waals surface area contributed by atoms with Crippen LogP contribution in [0.2, 0.25) is 0 Å². The summed E-state index contributed by atoms with van der Waals surface area (Å²) in [5.41, 5.74) is 0. The molecule has 0 saturated carbocycles. The topological polar surface area (TPSA) is 62.2 Å². The van der Waals surface area contributed by atoms with Gasteiger partial charge in [0.1, 0.15) is 18.3 Å². The van der Waals surface area contributed by atoms with E-state index in [1.54, 1.807) is 0 Å². The van der Waals surface area contributed by atoms with Crippen molar-refractivity contribution in [1.82, 2.24) is 0 Å². The van der Waals surface area contributed by atoms with Gasteiger partial charge in [-0.15, -0.1) is 12.4 Å². The second-order valence-corrected chi connectivity index (χ2v) is 2.36. The summed E-state index contributed by atoms with van der Waals surface area (Å²) in [5.74, 6) is 0. The third kappa shape index (κ3) is 1.13. The molecule has 2 rings (SSSR count). The average Bonchev–Trinajstić information content (AvgIpc) is 2.58. The van der Waals surface area contributed by atoms with Gasteiger partial charge in [-0.1, -0.05) is 0 Å². The van der Waals surface area contributed by atoms with E-state index < -0.39 is 12.2 Å². The summed E-state index contributed by atoms with van der Waals surface area (Å²) in [6, 6.07) is 0. The summed E-state index contributed by atoms with van der Waals surface area (Å²) in [5, 5.41) is 18.0. The molecule has 5 heteroatoms. The van der Waals surface area contributed by atoms with Crippen LogP contribution in [0.25, 0.3) is 0 Å². The third-order valence-corrected chi connectivity index (χ3v) is 1.64. The molecule has 0 aliphatic carbocycles. The maximum absolute atomic E-state index is 9.03. The maximum Gasteiger partial charge on any atom is 0.187 e. The molecule has 2 fully saturated rings. The van der Waals surface area contributed by atoms with Crippen LogP contribution in [-0.4, -0.2) is 41.4 Å². The molecule has 2 aliphatic heterocycles. The number of fused-ring (bicyclic) bond motifs is 1. The zero-order valence-electron chi connectivity index (χ0n) is 5.14. The molecule has 0 aromatic rings. The Hall–Kier alpha value is 0.130. The average molecular weight is 169 g/mol. The van der Waals surface area contributed by atoms with Crippen molar-refractivity contribution >= 4 is 12.4 Å². The zero-order chi connectivity index (χ0) is 6.43. The third-order valence-electron chi connectivity index (χ3n) is 1.64. The summed E-state index contributed by atoms with van der Waals surface area (Å²) in [6.45, 7) is 0.183. The van der Waals surface area contributed by atoms with Crippen molar-refractivity contribution < 1.29 is 19.7 Å². The summed E-state index contributed by atoms with van der Waals surface area (Å²) >= 11 is 0. The highest BCUT2D eigenvalue weighted by Gasteiger charge is 2.52. The van der Waals surface area contributed by atoms with Crippen LogP contribution in [0.4, 0.5) is 0 Å². The van der Waals surface area contributed by atoms with E-state index in [1.165, 1.54) is 0 Å². The van der Waals surface area contributed by atoms with E-state index in [9.17, 15) is 0 Å². The van der Waals surface area contributed by atoms with E-state index >= 15 is 0 Å². The van der Waals surface area contributed by atoms with Crippen molar-refractivity contribution in [3.05, 3.63) is 0 Å². The van der Waals surface area contributed by atoms with E-state index in [-0.39, 0.29) is 31.4 Å². The summed E-state index contributed by atoms with van der Waals surface area (Å²) in [6.07, 6.45) is -2.03. The molecule has 4 nitrogen and oxygen atoms in total. The SMILES string of the molecule is Cl.O[C@H]1[C@H](O)COC2O[C@H]21.